The maximum Gasteiger partial charge on any atom is 0.191 e. The van der Waals surface area contributed by atoms with Crippen LogP contribution in [0.15, 0.2) is 82.7 Å². The largest absolute Gasteiger partial charge is 0.289 e. The van der Waals surface area contributed by atoms with Crippen molar-refractivity contribution in [1.82, 2.24) is 9.78 Å². The quantitative estimate of drug-likeness (QED) is 0.332. The van der Waals surface area contributed by atoms with E-state index in [0.717, 1.165) is 28.8 Å². The van der Waals surface area contributed by atoms with E-state index < -0.39 is 27.2 Å². The van der Waals surface area contributed by atoms with Crippen LogP contribution in [0.3, 0.4) is 0 Å². The van der Waals surface area contributed by atoms with Gasteiger partial charge in [0.25, 0.3) is 0 Å². The maximum absolute atomic E-state index is 13.7. The summed E-state index contributed by atoms with van der Waals surface area (Å²) in [5, 5.41) is 6.59. The summed E-state index contributed by atoms with van der Waals surface area (Å²) in [6, 6.07) is 16.5. The first kappa shape index (κ1) is 19.6. The number of carbonyl (C=O) groups excluding carboxylic acids is 1. The van der Waals surface area contributed by atoms with Crippen LogP contribution in [-0.4, -0.2) is 29.7 Å². The number of aromatic nitrogens is 2. The highest BCUT2D eigenvalue weighted by atomic mass is 32.2. The van der Waals surface area contributed by atoms with E-state index >= 15 is 0 Å². The first-order chi connectivity index (χ1) is 14.9. The first-order valence-electron chi connectivity index (χ1n) is 9.39. The fraction of sp³-hybridized carbons (Fsp3) is 0.0435. The van der Waals surface area contributed by atoms with Gasteiger partial charge in [-0.15, -0.1) is 11.3 Å². The molecule has 0 amide bonds. The fourth-order valence-corrected chi connectivity index (χ4v) is 5.85. The smallest absolute Gasteiger partial charge is 0.191 e. The molecule has 0 radical (unpaired) electrons. The fourth-order valence-electron chi connectivity index (χ4n) is 3.58. The molecule has 8 heteroatoms. The van der Waals surface area contributed by atoms with E-state index in [9.17, 15) is 17.6 Å². The predicted molar refractivity (Wildman–Crippen MR) is 118 cm³/mol. The van der Waals surface area contributed by atoms with Crippen molar-refractivity contribution in [2.75, 3.05) is 5.75 Å². The number of hydrogen-bond donors (Lipinski definition) is 0. The van der Waals surface area contributed by atoms with Gasteiger partial charge in [0.2, 0.25) is 0 Å². The lowest BCUT2D eigenvalue weighted by molar-refractivity contribution is 0.103. The van der Waals surface area contributed by atoms with Crippen LogP contribution in [0.4, 0.5) is 4.39 Å². The molecule has 3 heterocycles. The number of nitrogens with zero attached hydrogens (tertiary/aromatic N) is 2. The van der Waals surface area contributed by atoms with Crippen molar-refractivity contribution in [3.8, 4) is 16.3 Å². The Kier molecular flexibility index (Phi) is 4.68. The summed E-state index contributed by atoms with van der Waals surface area (Å²) >= 11 is 1.49. The van der Waals surface area contributed by atoms with Gasteiger partial charge in [-0.25, -0.2) is 17.5 Å². The van der Waals surface area contributed by atoms with Gasteiger partial charge in [0.15, 0.2) is 15.6 Å². The zero-order chi connectivity index (χ0) is 21.6. The standard InChI is InChI=1S/C23H15FN2O3S2/c24-17-8-9-21-19(12-17)23(27)16(14-31(21,28)29)11-15-13-26(18-5-2-1-3-6-18)25-22(15)20-7-4-10-30-20/h1-13H,14H2. The van der Waals surface area contributed by atoms with Crippen LogP contribution in [0.2, 0.25) is 0 Å². The van der Waals surface area contributed by atoms with Crippen LogP contribution in [-0.2, 0) is 9.84 Å². The van der Waals surface area contributed by atoms with Gasteiger partial charge in [-0.2, -0.15) is 5.10 Å². The first-order valence-corrected chi connectivity index (χ1v) is 11.9. The maximum atomic E-state index is 13.7. The van der Waals surface area contributed by atoms with Crippen molar-refractivity contribution in [1.29, 1.82) is 0 Å². The van der Waals surface area contributed by atoms with Gasteiger partial charge in [-0.05, 0) is 47.9 Å². The van der Waals surface area contributed by atoms with Crippen molar-refractivity contribution < 1.29 is 17.6 Å². The molecule has 5 nitrogen and oxygen atoms in total. The Bertz CT molecular complexity index is 1440. The Morgan fingerprint density at radius 1 is 1.06 bits per heavy atom. The van der Waals surface area contributed by atoms with Gasteiger partial charge in [-0.3, -0.25) is 4.79 Å². The van der Waals surface area contributed by atoms with Crippen LogP contribution in [0.1, 0.15) is 15.9 Å². The number of halogens is 1. The number of sulfone groups is 1. The van der Waals surface area contributed by atoms with E-state index in [2.05, 4.69) is 5.10 Å². The highest BCUT2D eigenvalue weighted by molar-refractivity contribution is 7.91. The zero-order valence-corrected chi connectivity index (χ0v) is 17.7. The van der Waals surface area contributed by atoms with E-state index in [1.54, 1.807) is 17.0 Å². The summed E-state index contributed by atoms with van der Waals surface area (Å²) in [4.78, 5) is 13.8. The third-order valence-corrected chi connectivity index (χ3v) is 7.60. The number of para-hydroxylation sites is 1. The van der Waals surface area contributed by atoms with Crippen LogP contribution in [0.25, 0.3) is 22.3 Å². The summed E-state index contributed by atoms with van der Waals surface area (Å²) in [5.74, 6) is -1.58. The van der Waals surface area contributed by atoms with Gasteiger partial charge in [0.1, 0.15) is 11.5 Å². The molecule has 0 N–H and O–H groups in total. The molecule has 31 heavy (non-hydrogen) atoms. The Balaban J connectivity index is 1.67. The van der Waals surface area contributed by atoms with Crippen molar-refractivity contribution in [3.63, 3.8) is 0 Å². The molecule has 154 valence electrons. The molecule has 0 atom stereocenters. The SMILES string of the molecule is O=C1C(=Cc2cn(-c3ccccc3)nc2-c2cccs2)CS(=O)(=O)c2ccc(F)cc21. The molecule has 4 aromatic rings. The molecule has 0 saturated heterocycles. The predicted octanol–water partition coefficient (Wildman–Crippen LogP) is 4.79. The van der Waals surface area contributed by atoms with E-state index in [1.807, 2.05) is 47.8 Å². The summed E-state index contributed by atoms with van der Waals surface area (Å²) in [5.41, 5.74) is 2.04. The Morgan fingerprint density at radius 2 is 1.87 bits per heavy atom. The Labute approximate surface area is 182 Å². The minimum Gasteiger partial charge on any atom is -0.289 e. The van der Waals surface area contributed by atoms with Crippen molar-refractivity contribution in [3.05, 3.63) is 94.8 Å². The molecule has 2 aromatic carbocycles. The van der Waals surface area contributed by atoms with Gasteiger partial charge >= 0.3 is 0 Å². The second-order valence-corrected chi connectivity index (χ2v) is 9.99. The summed E-state index contributed by atoms with van der Waals surface area (Å²) in [6.45, 7) is 0. The number of thiophene rings is 1. The number of carbonyl (C=O) groups is 1. The van der Waals surface area contributed by atoms with E-state index in [-0.39, 0.29) is 16.0 Å². The minimum atomic E-state index is -3.75. The van der Waals surface area contributed by atoms with Gasteiger partial charge in [-0.1, -0.05) is 24.3 Å². The highest BCUT2D eigenvalue weighted by Gasteiger charge is 2.33. The molecule has 2 aromatic heterocycles. The molecular formula is C23H15FN2O3S2. The van der Waals surface area contributed by atoms with Crippen molar-refractivity contribution in [2.45, 2.75) is 4.90 Å². The van der Waals surface area contributed by atoms with Crippen molar-refractivity contribution >= 4 is 33.0 Å². The second-order valence-electron chi connectivity index (χ2n) is 7.09. The normalized spacial score (nSPS) is 16.4. The second kappa shape index (κ2) is 7.40. The molecule has 0 bridgehead atoms. The molecule has 0 fully saturated rings. The zero-order valence-electron chi connectivity index (χ0n) is 16.0. The van der Waals surface area contributed by atoms with Gasteiger partial charge in [0, 0.05) is 22.9 Å². The molecular weight excluding hydrogens is 435 g/mol. The van der Waals surface area contributed by atoms with E-state index in [1.165, 1.54) is 11.3 Å². The molecule has 0 saturated carbocycles. The van der Waals surface area contributed by atoms with Crippen molar-refractivity contribution in [2.24, 2.45) is 0 Å². The van der Waals surface area contributed by atoms with Gasteiger partial charge < -0.3 is 0 Å². The summed E-state index contributed by atoms with van der Waals surface area (Å²) < 4.78 is 40.9. The Hall–Kier alpha value is -3.36. The number of fused-ring (bicyclic) bond motifs is 1. The molecule has 0 spiro atoms. The summed E-state index contributed by atoms with van der Waals surface area (Å²) in [7, 11) is -3.75. The topological polar surface area (TPSA) is 69.0 Å². The molecule has 1 aliphatic rings. The van der Waals surface area contributed by atoms with Crippen LogP contribution >= 0.6 is 11.3 Å². The average molecular weight is 451 g/mol. The molecule has 1 aliphatic heterocycles. The third-order valence-electron chi connectivity index (χ3n) is 5.01. The number of benzene rings is 2. The number of rotatable bonds is 3. The average Bonchev–Trinajstić information content (AvgIpc) is 3.42. The number of Topliss-reactive ketones (excluding diaryl/α,β-unsaturated/α-hetero) is 1. The lowest BCUT2D eigenvalue weighted by atomic mass is 10.0. The van der Waals surface area contributed by atoms with Gasteiger partial charge in [0.05, 0.1) is 21.2 Å². The Morgan fingerprint density at radius 3 is 2.61 bits per heavy atom. The number of ketones is 1. The van der Waals surface area contributed by atoms with Crippen LogP contribution < -0.4 is 0 Å². The molecule has 0 unspecified atom stereocenters. The summed E-state index contributed by atoms with van der Waals surface area (Å²) in [6.07, 6.45) is 3.31. The van der Waals surface area contributed by atoms with E-state index in [0.29, 0.717) is 11.3 Å². The lowest BCUT2D eigenvalue weighted by Crippen LogP contribution is -2.24. The van der Waals surface area contributed by atoms with Crippen LogP contribution in [0, 0.1) is 5.82 Å². The molecule has 5 rings (SSSR count). The van der Waals surface area contributed by atoms with Crippen LogP contribution in [0.5, 0.6) is 0 Å². The third kappa shape index (κ3) is 3.54. The molecule has 0 aliphatic carbocycles. The minimum absolute atomic E-state index is 0.0866. The highest BCUT2D eigenvalue weighted by Crippen LogP contribution is 2.33. The number of hydrogen-bond acceptors (Lipinski definition) is 5. The monoisotopic (exact) mass is 450 g/mol. The lowest BCUT2D eigenvalue weighted by Gasteiger charge is -2.17. The van der Waals surface area contributed by atoms with E-state index in [4.69, 9.17) is 0 Å².